The van der Waals surface area contributed by atoms with E-state index >= 15 is 0 Å². The second kappa shape index (κ2) is 6.72. The lowest BCUT2D eigenvalue weighted by molar-refractivity contribution is 0.0489. The van der Waals surface area contributed by atoms with Crippen molar-refractivity contribution in [1.82, 2.24) is 14.7 Å². The zero-order valence-electron chi connectivity index (χ0n) is 13.0. The highest BCUT2D eigenvalue weighted by molar-refractivity contribution is 6.30. The third-order valence-electron chi connectivity index (χ3n) is 4.40. The fraction of sp³-hybridized carbons (Fsp3) is 0.412. The number of aliphatic hydroxyl groups excluding tert-OH is 1. The van der Waals surface area contributed by atoms with Gasteiger partial charge in [-0.15, -0.1) is 0 Å². The first-order valence-electron chi connectivity index (χ1n) is 7.81. The summed E-state index contributed by atoms with van der Waals surface area (Å²) in [7, 11) is 0. The largest absolute Gasteiger partial charge is 0.396 e. The summed E-state index contributed by atoms with van der Waals surface area (Å²) in [4.78, 5) is 14.6. The molecule has 1 aliphatic heterocycles. The van der Waals surface area contributed by atoms with Crippen LogP contribution in [0.1, 0.15) is 30.1 Å². The minimum absolute atomic E-state index is 0.0380. The van der Waals surface area contributed by atoms with E-state index in [-0.39, 0.29) is 24.5 Å². The van der Waals surface area contributed by atoms with Crippen molar-refractivity contribution >= 4 is 17.5 Å². The zero-order valence-corrected chi connectivity index (χ0v) is 13.8. The molecule has 1 aromatic heterocycles. The van der Waals surface area contributed by atoms with E-state index in [1.807, 2.05) is 24.0 Å². The second-order valence-corrected chi connectivity index (χ2v) is 6.52. The zero-order chi connectivity index (χ0) is 16.4. The average molecular weight is 334 g/mol. The number of aliphatic hydroxyl groups is 1. The molecule has 5 nitrogen and oxygen atoms in total. The highest BCUT2D eigenvalue weighted by atomic mass is 35.5. The minimum Gasteiger partial charge on any atom is -0.396 e. The number of aromatic nitrogens is 2. The number of hydrogen-bond acceptors (Lipinski definition) is 3. The van der Waals surface area contributed by atoms with Gasteiger partial charge >= 0.3 is 0 Å². The molecule has 0 saturated carbocycles. The topological polar surface area (TPSA) is 58.4 Å². The molecule has 0 bridgehead atoms. The smallest absolute Gasteiger partial charge is 0.257 e. The normalized spacial score (nSPS) is 21.4. The number of rotatable bonds is 3. The molecule has 2 heterocycles. The molecule has 2 unspecified atom stereocenters. The van der Waals surface area contributed by atoms with E-state index in [2.05, 4.69) is 5.10 Å². The molecule has 1 N–H and O–H groups in total. The van der Waals surface area contributed by atoms with Gasteiger partial charge < -0.3 is 10.0 Å². The van der Waals surface area contributed by atoms with E-state index in [1.165, 1.54) is 0 Å². The Morgan fingerprint density at radius 3 is 3.00 bits per heavy atom. The summed E-state index contributed by atoms with van der Waals surface area (Å²) in [6, 6.07) is 7.51. The van der Waals surface area contributed by atoms with Gasteiger partial charge in [0.15, 0.2) is 0 Å². The monoisotopic (exact) mass is 333 g/mol. The molecule has 1 aliphatic rings. The van der Waals surface area contributed by atoms with Gasteiger partial charge in [-0.2, -0.15) is 5.10 Å². The Morgan fingerprint density at radius 1 is 1.43 bits per heavy atom. The van der Waals surface area contributed by atoms with E-state index in [0.29, 0.717) is 17.1 Å². The Hall–Kier alpha value is -1.85. The number of nitrogens with zero attached hydrogens (tertiary/aromatic N) is 3. The molecule has 0 radical (unpaired) electrons. The van der Waals surface area contributed by atoms with Crippen LogP contribution < -0.4 is 0 Å². The Morgan fingerprint density at radius 2 is 2.26 bits per heavy atom. The third-order valence-corrected chi connectivity index (χ3v) is 4.64. The molecule has 0 spiro atoms. The third kappa shape index (κ3) is 3.41. The van der Waals surface area contributed by atoms with Crippen LogP contribution in [-0.2, 0) is 0 Å². The average Bonchev–Trinajstić information content (AvgIpc) is 3.05. The number of halogens is 1. The maximum absolute atomic E-state index is 12.7. The van der Waals surface area contributed by atoms with Crippen LogP contribution in [0.5, 0.6) is 0 Å². The Kier molecular flexibility index (Phi) is 4.68. The van der Waals surface area contributed by atoms with Crippen molar-refractivity contribution in [2.24, 2.45) is 5.92 Å². The predicted molar refractivity (Wildman–Crippen MR) is 88.9 cm³/mol. The summed E-state index contributed by atoms with van der Waals surface area (Å²) in [6.07, 6.45) is 5.18. The van der Waals surface area contributed by atoms with E-state index in [4.69, 9.17) is 11.6 Å². The fourth-order valence-corrected chi connectivity index (χ4v) is 3.16. The van der Waals surface area contributed by atoms with Gasteiger partial charge in [0.25, 0.3) is 5.91 Å². The molecule has 1 saturated heterocycles. The van der Waals surface area contributed by atoms with Crippen LogP contribution in [-0.4, -0.2) is 44.9 Å². The van der Waals surface area contributed by atoms with Crippen molar-refractivity contribution in [3.05, 3.63) is 47.2 Å². The van der Waals surface area contributed by atoms with Gasteiger partial charge in [-0.05, 0) is 43.9 Å². The van der Waals surface area contributed by atoms with E-state index in [9.17, 15) is 9.90 Å². The van der Waals surface area contributed by atoms with Gasteiger partial charge in [-0.1, -0.05) is 17.7 Å². The van der Waals surface area contributed by atoms with E-state index < -0.39 is 0 Å². The van der Waals surface area contributed by atoms with Gasteiger partial charge in [0.05, 0.1) is 17.4 Å². The molecule has 1 aromatic carbocycles. The Labute approximate surface area is 140 Å². The van der Waals surface area contributed by atoms with Gasteiger partial charge in [-0.25, -0.2) is 4.68 Å². The maximum Gasteiger partial charge on any atom is 0.257 e. The van der Waals surface area contributed by atoms with Crippen molar-refractivity contribution in [3.8, 4) is 5.69 Å². The molecule has 2 atom stereocenters. The van der Waals surface area contributed by atoms with E-state index in [1.54, 1.807) is 29.2 Å². The Bertz CT molecular complexity index is 701. The van der Waals surface area contributed by atoms with Crippen LogP contribution >= 0.6 is 11.6 Å². The van der Waals surface area contributed by atoms with Crippen molar-refractivity contribution in [2.45, 2.75) is 25.8 Å². The van der Waals surface area contributed by atoms with Gasteiger partial charge in [0, 0.05) is 30.4 Å². The molecule has 122 valence electrons. The fourth-order valence-electron chi connectivity index (χ4n) is 2.97. The van der Waals surface area contributed by atoms with Crippen molar-refractivity contribution < 1.29 is 9.90 Å². The lowest BCUT2D eigenvalue weighted by Crippen LogP contribution is -2.46. The molecule has 23 heavy (non-hydrogen) atoms. The van der Waals surface area contributed by atoms with Crippen molar-refractivity contribution in [1.29, 1.82) is 0 Å². The summed E-state index contributed by atoms with van der Waals surface area (Å²) in [5.41, 5.74) is 1.37. The first kappa shape index (κ1) is 16.0. The van der Waals surface area contributed by atoms with Crippen LogP contribution in [0.3, 0.4) is 0 Å². The lowest BCUT2D eigenvalue weighted by Gasteiger charge is -2.37. The molecule has 6 heteroatoms. The van der Waals surface area contributed by atoms with Crippen molar-refractivity contribution in [2.75, 3.05) is 13.2 Å². The number of carbonyl (C=O) groups excluding carboxylic acids is 1. The van der Waals surface area contributed by atoms with Crippen LogP contribution in [0.2, 0.25) is 5.02 Å². The lowest BCUT2D eigenvalue weighted by atomic mass is 9.93. The SMILES string of the molecule is CC1CCC(CO)CN1C(=O)c1cnn(-c2cccc(Cl)c2)c1. The first-order valence-corrected chi connectivity index (χ1v) is 8.18. The van der Waals surface area contributed by atoms with E-state index in [0.717, 1.165) is 18.5 Å². The van der Waals surface area contributed by atoms with Crippen LogP contribution in [0, 0.1) is 5.92 Å². The first-order chi connectivity index (χ1) is 11.1. The second-order valence-electron chi connectivity index (χ2n) is 6.09. The molecule has 1 fully saturated rings. The van der Waals surface area contributed by atoms with Gasteiger partial charge in [0.1, 0.15) is 0 Å². The summed E-state index contributed by atoms with van der Waals surface area (Å²) in [5.74, 6) is 0.127. The minimum atomic E-state index is -0.0380. The van der Waals surface area contributed by atoms with Crippen LogP contribution in [0.4, 0.5) is 0 Å². The van der Waals surface area contributed by atoms with Crippen molar-refractivity contribution in [3.63, 3.8) is 0 Å². The summed E-state index contributed by atoms with van der Waals surface area (Å²) < 4.78 is 1.65. The number of carbonyl (C=O) groups is 1. The maximum atomic E-state index is 12.7. The van der Waals surface area contributed by atoms with Crippen LogP contribution in [0.25, 0.3) is 5.69 Å². The predicted octanol–water partition coefficient (Wildman–Crippen LogP) is 2.76. The number of benzene rings is 1. The Balaban J connectivity index is 1.80. The van der Waals surface area contributed by atoms with Gasteiger partial charge in [-0.3, -0.25) is 4.79 Å². The molecular formula is C17H20ClN3O2. The summed E-state index contributed by atoms with van der Waals surface area (Å²) in [6.45, 7) is 2.77. The quantitative estimate of drug-likeness (QED) is 0.939. The van der Waals surface area contributed by atoms with Gasteiger partial charge in [0.2, 0.25) is 0 Å². The standard InChI is InChI=1S/C17H20ClN3O2/c1-12-5-6-13(11-22)9-20(12)17(23)14-8-19-21(10-14)16-4-2-3-15(18)7-16/h2-4,7-8,10,12-13,22H,5-6,9,11H2,1H3. The summed E-state index contributed by atoms with van der Waals surface area (Å²) in [5, 5.41) is 14.3. The van der Waals surface area contributed by atoms with Crippen LogP contribution in [0.15, 0.2) is 36.7 Å². The molecule has 1 amide bonds. The number of hydrogen-bond donors (Lipinski definition) is 1. The molecular weight excluding hydrogens is 314 g/mol. The number of amides is 1. The number of likely N-dealkylation sites (tertiary alicyclic amines) is 1. The molecule has 2 aromatic rings. The highest BCUT2D eigenvalue weighted by Gasteiger charge is 2.29. The number of piperidine rings is 1. The summed E-state index contributed by atoms with van der Waals surface area (Å²) >= 11 is 6.00. The molecule has 3 rings (SSSR count). The highest BCUT2D eigenvalue weighted by Crippen LogP contribution is 2.23. The molecule has 0 aliphatic carbocycles.